The Morgan fingerprint density at radius 3 is 2.71 bits per heavy atom. The lowest BCUT2D eigenvalue weighted by Gasteiger charge is -2.27. The molecule has 0 aromatic heterocycles. The van der Waals surface area contributed by atoms with Crippen LogP contribution in [0.25, 0.3) is 0 Å². The normalized spacial score (nSPS) is 20.1. The van der Waals surface area contributed by atoms with Gasteiger partial charge in [0.15, 0.2) is 5.75 Å². The Kier molecular flexibility index (Phi) is 2.09. The molecular formula is C9H10N2O3. The molecule has 1 heterocycles. The molecule has 5 heteroatoms. The molecule has 1 unspecified atom stereocenters. The maximum absolute atomic E-state index is 10.4. The monoisotopic (exact) mass is 194 g/mol. The zero-order valence-electron chi connectivity index (χ0n) is 7.43. The Balaban J connectivity index is 2.30. The van der Waals surface area contributed by atoms with Crippen LogP contribution in [0.2, 0.25) is 0 Å². The Morgan fingerprint density at radius 1 is 1.57 bits per heavy atom. The zero-order valence-corrected chi connectivity index (χ0v) is 7.43. The molecule has 2 rings (SSSR count). The van der Waals surface area contributed by atoms with Crippen LogP contribution in [0.15, 0.2) is 18.2 Å². The van der Waals surface area contributed by atoms with Crippen LogP contribution >= 0.6 is 0 Å². The van der Waals surface area contributed by atoms with Crippen molar-refractivity contribution in [2.75, 3.05) is 6.54 Å². The molecule has 1 aliphatic heterocycles. The molecule has 2 N–H and O–H groups in total. The maximum atomic E-state index is 10.4. The number of aromatic hydroxyl groups is 1. The summed E-state index contributed by atoms with van der Waals surface area (Å²) in [6, 6.07) is 4.70. The topological polar surface area (TPSA) is 75.4 Å². The molecule has 0 amide bonds. The highest BCUT2D eigenvalue weighted by Crippen LogP contribution is 2.31. The van der Waals surface area contributed by atoms with Gasteiger partial charge in [0.05, 0.1) is 4.92 Å². The van der Waals surface area contributed by atoms with Crippen molar-refractivity contribution >= 4 is 5.69 Å². The summed E-state index contributed by atoms with van der Waals surface area (Å²) in [5, 5.41) is 22.9. The minimum atomic E-state index is -0.590. The van der Waals surface area contributed by atoms with Gasteiger partial charge in [-0.3, -0.25) is 10.1 Å². The minimum absolute atomic E-state index is 0.238. The summed E-state index contributed by atoms with van der Waals surface area (Å²) in [4.78, 5) is 9.83. The van der Waals surface area contributed by atoms with Gasteiger partial charge in [-0.1, -0.05) is 6.07 Å². The number of nitro groups is 1. The second-order valence-electron chi connectivity index (χ2n) is 3.30. The van der Waals surface area contributed by atoms with E-state index in [-0.39, 0.29) is 17.5 Å². The first-order valence-electron chi connectivity index (χ1n) is 4.39. The van der Waals surface area contributed by atoms with E-state index in [1.54, 1.807) is 6.07 Å². The van der Waals surface area contributed by atoms with Gasteiger partial charge in [-0.2, -0.15) is 0 Å². The van der Waals surface area contributed by atoms with Gasteiger partial charge in [-0.15, -0.1) is 0 Å². The number of benzene rings is 1. The summed E-state index contributed by atoms with van der Waals surface area (Å²) in [6.07, 6.45) is 1.01. The zero-order chi connectivity index (χ0) is 10.1. The molecule has 5 nitrogen and oxygen atoms in total. The van der Waals surface area contributed by atoms with Gasteiger partial charge in [-0.05, 0) is 24.6 Å². The second-order valence-corrected chi connectivity index (χ2v) is 3.30. The first kappa shape index (κ1) is 8.96. The first-order valence-corrected chi connectivity index (χ1v) is 4.39. The standard InChI is InChI=1S/C9H10N2O3/c12-9-5-6(7-3-4-10-7)1-2-8(9)11(13)14/h1-2,5,7,10,12H,3-4H2. The van der Waals surface area contributed by atoms with Crippen LogP contribution in [-0.4, -0.2) is 16.6 Å². The predicted molar refractivity (Wildman–Crippen MR) is 50.1 cm³/mol. The molecule has 1 saturated heterocycles. The van der Waals surface area contributed by atoms with E-state index in [1.165, 1.54) is 12.1 Å². The highest BCUT2D eigenvalue weighted by molar-refractivity contribution is 5.48. The minimum Gasteiger partial charge on any atom is -0.502 e. The third-order valence-corrected chi connectivity index (χ3v) is 2.42. The fourth-order valence-corrected chi connectivity index (χ4v) is 1.48. The van der Waals surface area contributed by atoms with Crippen molar-refractivity contribution in [2.45, 2.75) is 12.5 Å². The Labute approximate surface area is 80.5 Å². The van der Waals surface area contributed by atoms with Crippen molar-refractivity contribution in [3.05, 3.63) is 33.9 Å². The van der Waals surface area contributed by atoms with Crippen LogP contribution in [0.4, 0.5) is 5.69 Å². The largest absolute Gasteiger partial charge is 0.502 e. The number of rotatable bonds is 2. The van der Waals surface area contributed by atoms with Crippen molar-refractivity contribution in [3.63, 3.8) is 0 Å². The van der Waals surface area contributed by atoms with Crippen LogP contribution in [0.5, 0.6) is 5.75 Å². The van der Waals surface area contributed by atoms with Gasteiger partial charge in [0.1, 0.15) is 0 Å². The third-order valence-electron chi connectivity index (χ3n) is 2.42. The number of phenolic OH excluding ortho intramolecular Hbond substituents is 1. The molecule has 0 spiro atoms. The van der Waals surface area contributed by atoms with Crippen LogP contribution in [0, 0.1) is 10.1 Å². The molecule has 0 aliphatic carbocycles. The van der Waals surface area contributed by atoms with Crippen molar-refractivity contribution in [1.29, 1.82) is 0 Å². The third kappa shape index (κ3) is 1.42. The van der Waals surface area contributed by atoms with Crippen molar-refractivity contribution in [3.8, 4) is 5.75 Å². The highest BCUT2D eigenvalue weighted by atomic mass is 16.6. The molecule has 1 fully saturated rings. The number of nitrogens with one attached hydrogen (secondary N) is 1. The van der Waals surface area contributed by atoms with Gasteiger partial charge in [0.25, 0.3) is 0 Å². The number of phenols is 1. The summed E-state index contributed by atoms with van der Waals surface area (Å²) in [5.74, 6) is -0.263. The first-order chi connectivity index (χ1) is 6.68. The molecule has 1 aromatic rings. The maximum Gasteiger partial charge on any atom is 0.310 e. The van der Waals surface area contributed by atoms with Crippen molar-refractivity contribution < 1.29 is 10.0 Å². The van der Waals surface area contributed by atoms with E-state index in [0.717, 1.165) is 18.5 Å². The molecule has 1 aromatic carbocycles. The molecule has 14 heavy (non-hydrogen) atoms. The lowest BCUT2D eigenvalue weighted by Crippen LogP contribution is -2.34. The van der Waals surface area contributed by atoms with E-state index in [0.29, 0.717) is 0 Å². The molecule has 0 bridgehead atoms. The quantitative estimate of drug-likeness (QED) is 0.550. The molecule has 0 radical (unpaired) electrons. The van der Waals surface area contributed by atoms with E-state index in [9.17, 15) is 15.2 Å². The summed E-state index contributed by atoms with van der Waals surface area (Å²) >= 11 is 0. The summed E-state index contributed by atoms with van der Waals surface area (Å²) in [6.45, 7) is 0.961. The highest BCUT2D eigenvalue weighted by Gasteiger charge is 2.21. The average Bonchev–Trinajstić information content (AvgIpc) is 2.00. The molecule has 0 saturated carbocycles. The van der Waals surface area contributed by atoms with E-state index in [1.807, 2.05) is 0 Å². The molecule has 1 atom stereocenters. The van der Waals surface area contributed by atoms with Crippen LogP contribution in [-0.2, 0) is 0 Å². The second kappa shape index (κ2) is 3.26. The van der Waals surface area contributed by atoms with Gasteiger partial charge >= 0.3 is 5.69 Å². The van der Waals surface area contributed by atoms with E-state index in [2.05, 4.69) is 5.32 Å². The van der Waals surface area contributed by atoms with E-state index < -0.39 is 4.92 Å². The van der Waals surface area contributed by atoms with Crippen molar-refractivity contribution in [2.24, 2.45) is 0 Å². The Morgan fingerprint density at radius 2 is 2.29 bits per heavy atom. The Hall–Kier alpha value is -1.62. The van der Waals surface area contributed by atoms with Gasteiger partial charge < -0.3 is 10.4 Å². The van der Waals surface area contributed by atoms with Gasteiger partial charge in [-0.25, -0.2) is 0 Å². The number of hydrogen-bond donors (Lipinski definition) is 2. The number of nitro benzene ring substituents is 1. The average molecular weight is 194 g/mol. The van der Waals surface area contributed by atoms with Crippen molar-refractivity contribution in [1.82, 2.24) is 5.32 Å². The molecule has 1 aliphatic rings. The van der Waals surface area contributed by atoms with E-state index >= 15 is 0 Å². The lowest BCUT2D eigenvalue weighted by molar-refractivity contribution is -0.385. The number of nitrogens with zero attached hydrogens (tertiary/aromatic N) is 1. The van der Waals surface area contributed by atoms with Crippen LogP contribution in [0.1, 0.15) is 18.0 Å². The van der Waals surface area contributed by atoms with E-state index in [4.69, 9.17) is 0 Å². The smallest absolute Gasteiger partial charge is 0.310 e. The fraction of sp³-hybridized carbons (Fsp3) is 0.333. The summed E-state index contributed by atoms with van der Waals surface area (Å²) < 4.78 is 0. The predicted octanol–water partition coefficient (Wildman–Crippen LogP) is 1.33. The Bertz CT molecular complexity index is 374. The van der Waals surface area contributed by atoms with Gasteiger partial charge in [0, 0.05) is 12.1 Å². The van der Waals surface area contributed by atoms with Gasteiger partial charge in [0.2, 0.25) is 0 Å². The molecular weight excluding hydrogens is 184 g/mol. The lowest BCUT2D eigenvalue weighted by atomic mass is 9.97. The van der Waals surface area contributed by atoms with Crippen LogP contribution < -0.4 is 5.32 Å². The summed E-state index contributed by atoms with van der Waals surface area (Å²) in [5.41, 5.74) is 0.660. The molecule has 74 valence electrons. The SMILES string of the molecule is O=[N+]([O-])c1ccc(C2CCN2)cc1O. The fourth-order valence-electron chi connectivity index (χ4n) is 1.48. The van der Waals surface area contributed by atoms with Crippen LogP contribution in [0.3, 0.4) is 0 Å². The number of hydrogen-bond acceptors (Lipinski definition) is 4. The summed E-state index contributed by atoms with van der Waals surface area (Å²) in [7, 11) is 0.